The van der Waals surface area contributed by atoms with E-state index in [1.165, 1.54) is 5.56 Å². The molecule has 1 aromatic carbocycles. The van der Waals surface area contributed by atoms with E-state index < -0.39 is 0 Å². The molecule has 3 fully saturated rings. The van der Waals surface area contributed by atoms with Crippen molar-refractivity contribution < 1.29 is 9.90 Å². The Morgan fingerprint density at radius 2 is 2.19 bits per heavy atom. The van der Waals surface area contributed by atoms with Crippen molar-refractivity contribution >= 4 is 22.5 Å². The van der Waals surface area contributed by atoms with E-state index in [1.54, 1.807) is 6.07 Å². The Labute approximate surface area is 122 Å². The summed E-state index contributed by atoms with van der Waals surface area (Å²) < 4.78 is 0. The van der Waals surface area contributed by atoms with E-state index >= 15 is 0 Å². The summed E-state index contributed by atoms with van der Waals surface area (Å²) in [4.78, 5) is 17.9. The zero-order chi connectivity index (χ0) is 14.4. The average molecular weight is 282 g/mol. The molecule has 2 heterocycles. The van der Waals surface area contributed by atoms with Gasteiger partial charge in [-0.2, -0.15) is 0 Å². The Morgan fingerprint density at radius 1 is 1.43 bits per heavy atom. The molecule has 4 aliphatic rings. The number of hydrogen-bond acceptors (Lipinski definition) is 2. The number of aromatic nitrogens is 1. The number of nitrogens with one attached hydrogen (secondary N) is 1. The number of fused-ring (bicyclic) bond motifs is 3. The van der Waals surface area contributed by atoms with E-state index in [-0.39, 0.29) is 17.1 Å². The van der Waals surface area contributed by atoms with Gasteiger partial charge in [0, 0.05) is 24.2 Å². The fourth-order valence-corrected chi connectivity index (χ4v) is 4.61. The number of aromatic amines is 1. The second-order valence-corrected chi connectivity index (χ2v) is 7.08. The van der Waals surface area contributed by atoms with Gasteiger partial charge in [0.05, 0.1) is 16.6 Å². The molecule has 0 unspecified atom stereocenters. The lowest BCUT2D eigenvalue weighted by molar-refractivity contribution is -0.161. The van der Waals surface area contributed by atoms with Gasteiger partial charge in [0.15, 0.2) is 0 Å². The highest BCUT2D eigenvalue weighted by Gasteiger charge is 2.62. The molecule has 0 saturated heterocycles. The van der Waals surface area contributed by atoms with Gasteiger partial charge in [-0.15, -0.1) is 0 Å². The Hall–Kier alpha value is -1.97. The number of phenols is 1. The maximum absolute atomic E-state index is 12.9. The van der Waals surface area contributed by atoms with E-state index in [4.69, 9.17) is 0 Å². The van der Waals surface area contributed by atoms with Crippen molar-refractivity contribution in [3.63, 3.8) is 0 Å². The van der Waals surface area contributed by atoms with Crippen LogP contribution in [0.4, 0.5) is 5.69 Å². The molecular formula is C17H18N2O2. The maximum Gasteiger partial charge on any atom is 0.233 e. The van der Waals surface area contributed by atoms with Crippen LogP contribution in [-0.4, -0.2) is 22.5 Å². The minimum Gasteiger partial charge on any atom is -0.506 e. The van der Waals surface area contributed by atoms with Gasteiger partial charge in [0.25, 0.3) is 0 Å². The van der Waals surface area contributed by atoms with Crippen molar-refractivity contribution in [3.05, 3.63) is 23.4 Å². The highest BCUT2D eigenvalue weighted by atomic mass is 16.3. The third kappa shape index (κ3) is 1.24. The molecule has 3 aliphatic carbocycles. The number of anilines is 1. The Balaban J connectivity index is 1.65. The summed E-state index contributed by atoms with van der Waals surface area (Å²) in [5.74, 6) is 1.34. The van der Waals surface area contributed by atoms with Crippen molar-refractivity contribution in [1.29, 1.82) is 0 Å². The van der Waals surface area contributed by atoms with Gasteiger partial charge in [-0.3, -0.25) is 4.79 Å². The first-order chi connectivity index (χ1) is 10.1. The van der Waals surface area contributed by atoms with Crippen molar-refractivity contribution in [2.24, 2.45) is 11.3 Å². The lowest BCUT2D eigenvalue weighted by Crippen LogP contribution is -2.61. The summed E-state index contributed by atoms with van der Waals surface area (Å²) >= 11 is 0. The fourth-order valence-electron chi connectivity index (χ4n) is 4.61. The van der Waals surface area contributed by atoms with E-state index in [9.17, 15) is 9.90 Å². The van der Waals surface area contributed by atoms with E-state index in [2.05, 4.69) is 4.98 Å². The lowest BCUT2D eigenvalue weighted by Gasteiger charge is -2.61. The van der Waals surface area contributed by atoms with E-state index in [1.807, 2.05) is 18.0 Å². The number of aromatic hydroxyl groups is 1. The van der Waals surface area contributed by atoms with Crippen LogP contribution in [-0.2, 0) is 11.2 Å². The fraction of sp³-hybridized carbons (Fsp3) is 0.471. The molecule has 108 valence electrons. The molecule has 4 nitrogen and oxygen atoms in total. The quantitative estimate of drug-likeness (QED) is 0.845. The highest BCUT2D eigenvalue weighted by molar-refractivity contribution is 6.05. The molecule has 2 aromatic rings. The second kappa shape index (κ2) is 3.43. The van der Waals surface area contributed by atoms with Crippen LogP contribution < -0.4 is 4.90 Å². The molecule has 2 bridgehead atoms. The number of H-pyrrole nitrogens is 1. The number of aryl methyl sites for hydroxylation is 1. The molecule has 0 spiro atoms. The SMILES string of the molecule is Cc1c[nH]c2c(O)cc3c(c12)CCN3C(=O)C12CC(C1)C2. The van der Waals surface area contributed by atoms with Crippen LogP contribution >= 0.6 is 0 Å². The van der Waals surface area contributed by atoms with Crippen LogP contribution in [0.3, 0.4) is 0 Å². The molecule has 0 radical (unpaired) electrons. The average Bonchev–Trinajstić information content (AvgIpc) is 2.89. The summed E-state index contributed by atoms with van der Waals surface area (Å²) in [6.45, 7) is 2.80. The molecule has 2 N–H and O–H groups in total. The monoisotopic (exact) mass is 282 g/mol. The van der Waals surface area contributed by atoms with Crippen LogP contribution in [0.25, 0.3) is 10.9 Å². The van der Waals surface area contributed by atoms with Crippen LogP contribution in [0.5, 0.6) is 5.75 Å². The number of nitrogens with zero attached hydrogens (tertiary/aromatic N) is 1. The molecule has 0 atom stereocenters. The molecule has 1 amide bonds. The highest BCUT2D eigenvalue weighted by Crippen LogP contribution is 2.65. The van der Waals surface area contributed by atoms with E-state index in [0.29, 0.717) is 0 Å². The number of carbonyl (C=O) groups is 1. The number of rotatable bonds is 1. The van der Waals surface area contributed by atoms with Crippen molar-refractivity contribution in [2.45, 2.75) is 32.6 Å². The van der Waals surface area contributed by atoms with Gasteiger partial charge >= 0.3 is 0 Å². The molecule has 3 saturated carbocycles. The summed E-state index contributed by atoms with van der Waals surface area (Å²) in [5.41, 5.74) is 4.02. The van der Waals surface area contributed by atoms with Crippen molar-refractivity contribution in [1.82, 2.24) is 4.98 Å². The lowest BCUT2D eigenvalue weighted by atomic mass is 9.44. The van der Waals surface area contributed by atoms with Crippen molar-refractivity contribution in [2.75, 3.05) is 11.4 Å². The normalized spacial score (nSPS) is 29.2. The van der Waals surface area contributed by atoms with Gasteiger partial charge in [-0.25, -0.2) is 0 Å². The van der Waals surface area contributed by atoms with E-state index in [0.717, 1.165) is 60.3 Å². The smallest absolute Gasteiger partial charge is 0.233 e. The molecular weight excluding hydrogens is 264 g/mol. The number of hydrogen-bond donors (Lipinski definition) is 2. The number of benzene rings is 1. The largest absolute Gasteiger partial charge is 0.506 e. The molecule has 1 aliphatic heterocycles. The standard InChI is InChI=1S/C17H18N2O2/c1-9-8-18-15-13(20)4-12-11(14(9)15)2-3-19(12)16(21)17-5-10(6-17)7-17/h4,8,10,18,20H,2-3,5-7H2,1H3. The first-order valence-corrected chi connectivity index (χ1v) is 7.73. The predicted octanol–water partition coefficient (Wildman–Crippen LogP) is 2.87. The zero-order valence-electron chi connectivity index (χ0n) is 12.1. The Morgan fingerprint density at radius 3 is 2.86 bits per heavy atom. The van der Waals surface area contributed by atoms with Gasteiger partial charge in [-0.05, 0) is 49.7 Å². The van der Waals surface area contributed by atoms with Gasteiger partial charge in [-0.1, -0.05) is 0 Å². The van der Waals surface area contributed by atoms with Crippen LogP contribution in [0, 0.1) is 18.3 Å². The first kappa shape index (κ1) is 11.7. The predicted molar refractivity (Wildman–Crippen MR) is 80.5 cm³/mol. The third-order valence-electron chi connectivity index (χ3n) is 5.83. The number of phenolic OH excluding ortho intramolecular Hbond substituents is 1. The molecule has 1 aromatic heterocycles. The molecule has 21 heavy (non-hydrogen) atoms. The van der Waals surface area contributed by atoms with Gasteiger partial charge in [0.1, 0.15) is 5.75 Å². The van der Waals surface area contributed by atoms with Crippen LogP contribution in [0.15, 0.2) is 12.3 Å². The van der Waals surface area contributed by atoms with Gasteiger partial charge < -0.3 is 15.0 Å². The topological polar surface area (TPSA) is 56.3 Å². The second-order valence-electron chi connectivity index (χ2n) is 7.08. The number of carbonyl (C=O) groups excluding carboxylic acids is 1. The Kier molecular flexibility index (Phi) is 1.91. The molecule has 6 rings (SSSR count). The van der Waals surface area contributed by atoms with Gasteiger partial charge in [0.2, 0.25) is 5.91 Å². The van der Waals surface area contributed by atoms with Crippen molar-refractivity contribution in [3.8, 4) is 5.75 Å². The van der Waals surface area contributed by atoms with Crippen LogP contribution in [0.2, 0.25) is 0 Å². The zero-order valence-corrected chi connectivity index (χ0v) is 12.1. The number of amides is 1. The maximum atomic E-state index is 12.9. The minimum absolute atomic E-state index is 0.0515. The first-order valence-electron chi connectivity index (χ1n) is 7.73. The minimum atomic E-state index is -0.0515. The Bertz CT molecular complexity index is 788. The summed E-state index contributed by atoms with van der Waals surface area (Å²) in [6.07, 6.45) is 6.05. The summed E-state index contributed by atoms with van der Waals surface area (Å²) in [5, 5.41) is 11.4. The third-order valence-corrected chi connectivity index (χ3v) is 5.83. The molecule has 4 heteroatoms. The summed E-state index contributed by atoms with van der Waals surface area (Å²) in [6, 6.07) is 1.77. The summed E-state index contributed by atoms with van der Waals surface area (Å²) in [7, 11) is 0. The van der Waals surface area contributed by atoms with Crippen LogP contribution in [0.1, 0.15) is 30.4 Å².